The lowest BCUT2D eigenvalue weighted by Gasteiger charge is -2.38. The lowest BCUT2D eigenvalue weighted by molar-refractivity contribution is -0.138. The van der Waals surface area contributed by atoms with Crippen molar-refractivity contribution < 1.29 is 23.2 Å². The Bertz CT molecular complexity index is 1040. The van der Waals surface area contributed by atoms with E-state index in [2.05, 4.69) is 0 Å². The molecule has 0 unspecified atom stereocenters. The van der Waals surface area contributed by atoms with Crippen LogP contribution in [-0.2, 0) is 4.79 Å². The zero-order valence-electron chi connectivity index (χ0n) is 18.6. The van der Waals surface area contributed by atoms with Gasteiger partial charge in [0.05, 0.1) is 5.56 Å². The molecule has 2 aromatic rings. The summed E-state index contributed by atoms with van der Waals surface area (Å²) in [5.74, 6) is -2.28. The number of piperazine rings is 1. The molecule has 6 nitrogen and oxygen atoms in total. The maximum Gasteiger partial charge on any atom is 0.256 e. The summed E-state index contributed by atoms with van der Waals surface area (Å²) in [7, 11) is 0. The Labute approximate surface area is 191 Å². The highest BCUT2D eigenvalue weighted by Crippen LogP contribution is 2.23. The SMILES string of the molecule is Cc1ccc(C(=O)N2CCN(C(=O)C3CCN(C(=O)c4ccc(F)cc4F)CC3)CC2)cc1. The molecule has 0 aromatic heterocycles. The van der Waals surface area contributed by atoms with Gasteiger partial charge in [0.2, 0.25) is 5.91 Å². The minimum absolute atomic E-state index is 0.0260. The Morgan fingerprint density at radius 3 is 1.94 bits per heavy atom. The molecule has 0 radical (unpaired) electrons. The van der Waals surface area contributed by atoms with Gasteiger partial charge in [-0.3, -0.25) is 14.4 Å². The van der Waals surface area contributed by atoms with Crippen molar-refractivity contribution >= 4 is 17.7 Å². The number of carbonyl (C=O) groups excluding carboxylic acids is 3. The first-order valence-electron chi connectivity index (χ1n) is 11.2. The zero-order chi connectivity index (χ0) is 23.5. The Kier molecular flexibility index (Phi) is 6.72. The molecule has 0 N–H and O–H groups in total. The number of hydrogen-bond acceptors (Lipinski definition) is 3. The summed E-state index contributed by atoms with van der Waals surface area (Å²) in [6.45, 7) is 4.60. The second kappa shape index (κ2) is 9.68. The molecule has 0 bridgehead atoms. The fourth-order valence-corrected chi connectivity index (χ4v) is 4.43. The molecule has 2 heterocycles. The van der Waals surface area contributed by atoms with Gasteiger partial charge in [-0.15, -0.1) is 0 Å². The average Bonchev–Trinajstić information content (AvgIpc) is 2.83. The molecule has 2 fully saturated rings. The van der Waals surface area contributed by atoms with Crippen LogP contribution in [0, 0.1) is 24.5 Å². The smallest absolute Gasteiger partial charge is 0.256 e. The molecule has 2 aliphatic heterocycles. The zero-order valence-corrected chi connectivity index (χ0v) is 18.6. The second-order valence-corrected chi connectivity index (χ2v) is 8.67. The normalized spacial score (nSPS) is 17.2. The molecule has 0 atom stereocenters. The number of piperidine rings is 1. The molecule has 0 aliphatic carbocycles. The van der Waals surface area contributed by atoms with Crippen LogP contribution in [0.15, 0.2) is 42.5 Å². The van der Waals surface area contributed by atoms with Crippen molar-refractivity contribution in [2.24, 2.45) is 5.92 Å². The largest absolute Gasteiger partial charge is 0.339 e. The predicted molar refractivity (Wildman–Crippen MR) is 119 cm³/mol. The number of halogens is 2. The van der Waals surface area contributed by atoms with Crippen LogP contribution in [0.5, 0.6) is 0 Å². The number of nitrogens with zero attached hydrogens (tertiary/aromatic N) is 3. The summed E-state index contributed by atoms with van der Waals surface area (Å²) >= 11 is 0. The minimum atomic E-state index is -0.878. The van der Waals surface area contributed by atoms with E-state index in [9.17, 15) is 23.2 Å². The van der Waals surface area contributed by atoms with E-state index in [1.54, 1.807) is 9.80 Å². The van der Waals surface area contributed by atoms with Crippen molar-refractivity contribution in [2.75, 3.05) is 39.3 Å². The summed E-state index contributed by atoms with van der Waals surface area (Å²) in [6, 6.07) is 10.4. The van der Waals surface area contributed by atoms with Crippen LogP contribution in [-0.4, -0.2) is 71.7 Å². The van der Waals surface area contributed by atoms with E-state index in [1.807, 2.05) is 31.2 Å². The molecule has 4 rings (SSSR count). The number of likely N-dealkylation sites (tertiary alicyclic amines) is 1. The molecule has 2 saturated heterocycles. The van der Waals surface area contributed by atoms with Gasteiger partial charge in [-0.2, -0.15) is 0 Å². The summed E-state index contributed by atoms with van der Waals surface area (Å²) in [6.07, 6.45) is 0.992. The van der Waals surface area contributed by atoms with Crippen LogP contribution in [0.1, 0.15) is 39.1 Å². The van der Waals surface area contributed by atoms with E-state index < -0.39 is 17.5 Å². The molecule has 2 aliphatic rings. The molecular formula is C25H27F2N3O3. The summed E-state index contributed by atoms with van der Waals surface area (Å²) in [4.78, 5) is 43.3. The van der Waals surface area contributed by atoms with Crippen LogP contribution in [0.2, 0.25) is 0 Å². The van der Waals surface area contributed by atoms with Gasteiger partial charge in [-0.1, -0.05) is 17.7 Å². The standard InChI is InChI=1S/C25H27F2N3O3/c1-17-2-4-18(5-3-17)23(31)29-12-14-30(15-13-29)24(32)19-8-10-28(11-9-19)25(33)21-7-6-20(26)16-22(21)27/h2-7,16,19H,8-15H2,1H3. The maximum absolute atomic E-state index is 13.9. The van der Waals surface area contributed by atoms with Gasteiger partial charge < -0.3 is 14.7 Å². The van der Waals surface area contributed by atoms with Crippen molar-refractivity contribution in [1.82, 2.24) is 14.7 Å². The van der Waals surface area contributed by atoms with Gasteiger partial charge in [0.1, 0.15) is 11.6 Å². The second-order valence-electron chi connectivity index (χ2n) is 8.67. The van der Waals surface area contributed by atoms with Gasteiger partial charge in [-0.25, -0.2) is 8.78 Å². The number of hydrogen-bond donors (Lipinski definition) is 0. The minimum Gasteiger partial charge on any atom is -0.339 e. The van der Waals surface area contributed by atoms with Crippen LogP contribution >= 0.6 is 0 Å². The molecule has 2 aromatic carbocycles. The van der Waals surface area contributed by atoms with E-state index in [0.717, 1.165) is 17.7 Å². The third-order valence-corrected chi connectivity index (χ3v) is 6.47. The number of benzene rings is 2. The lowest BCUT2D eigenvalue weighted by Crippen LogP contribution is -2.53. The third kappa shape index (κ3) is 5.05. The van der Waals surface area contributed by atoms with Gasteiger partial charge in [0.25, 0.3) is 11.8 Å². The summed E-state index contributed by atoms with van der Waals surface area (Å²) in [5, 5.41) is 0. The monoisotopic (exact) mass is 455 g/mol. The first-order chi connectivity index (χ1) is 15.8. The fourth-order valence-electron chi connectivity index (χ4n) is 4.43. The number of rotatable bonds is 3. The third-order valence-electron chi connectivity index (χ3n) is 6.47. The summed E-state index contributed by atoms with van der Waals surface area (Å²) < 4.78 is 27.1. The number of amides is 3. The van der Waals surface area contributed by atoms with E-state index >= 15 is 0 Å². The Balaban J connectivity index is 1.27. The topological polar surface area (TPSA) is 60.9 Å². The Morgan fingerprint density at radius 1 is 0.758 bits per heavy atom. The van der Waals surface area contributed by atoms with E-state index in [1.165, 1.54) is 4.90 Å². The fraction of sp³-hybridized carbons (Fsp3) is 0.400. The number of aryl methyl sites for hydroxylation is 1. The predicted octanol–water partition coefficient (Wildman–Crippen LogP) is 3.11. The molecule has 8 heteroatoms. The van der Waals surface area contributed by atoms with E-state index in [0.29, 0.717) is 63.7 Å². The van der Waals surface area contributed by atoms with Crippen LogP contribution in [0.25, 0.3) is 0 Å². The molecule has 33 heavy (non-hydrogen) atoms. The highest BCUT2D eigenvalue weighted by molar-refractivity contribution is 5.95. The molecule has 0 saturated carbocycles. The van der Waals surface area contributed by atoms with E-state index in [-0.39, 0.29) is 23.3 Å². The Morgan fingerprint density at radius 2 is 1.33 bits per heavy atom. The van der Waals surface area contributed by atoms with Crippen molar-refractivity contribution in [3.05, 3.63) is 70.8 Å². The molecule has 0 spiro atoms. The van der Waals surface area contributed by atoms with Crippen LogP contribution < -0.4 is 0 Å². The van der Waals surface area contributed by atoms with Gasteiger partial charge in [0, 0.05) is 56.8 Å². The molecule has 174 valence electrons. The van der Waals surface area contributed by atoms with Crippen LogP contribution in [0.3, 0.4) is 0 Å². The maximum atomic E-state index is 13.9. The van der Waals surface area contributed by atoms with Crippen molar-refractivity contribution in [1.29, 1.82) is 0 Å². The molecular weight excluding hydrogens is 428 g/mol. The summed E-state index contributed by atoms with van der Waals surface area (Å²) in [5.41, 5.74) is 1.59. The Hall–Kier alpha value is -3.29. The highest BCUT2D eigenvalue weighted by Gasteiger charge is 2.33. The van der Waals surface area contributed by atoms with Crippen LogP contribution in [0.4, 0.5) is 8.78 Å². The first kappa shape index (κ1) is 22.9. The van der Waals surface area contributed by atoms with Crippen molar-refractivity contribution in [2.45, 2.75) is 19.8 Å². The molecule has 3 amide bonds. The highest BCUT2D eigenvalue weighted by atomic mass is 19.1. The van der Waals surface area contributed by atoms with Gasteiger partial charge in [0.15, 0.2) is 0 Å². The number of carbonyl (C=O) groups is 3. The van der Waals surface area contributed by atoms with Crippen molar-refractivity contribution in [3.8, 4) is 0 Å². The van der Waals surface area contributed by atoms with Gasteiger partial charge in [-0.05, 0) is 44.0 Å². The average molecular weight is 456 g/mol. The lowest BCUT2D eigenvalue weighted by atomic mass is 9.94. The van der Waals surface area contributed by atoms with Crippen molar-refractivity contribution in [3.63, 3.8) is 0 Å². The quantitative estimate of drug-likeness (QED) is 0.715. The van der Waals surface area contributed by atoms with E-state index in [4.69, 9.17) is 0 Å². The first-order valence-corrected chi connectivity index (χ1v) is 11.2. The van der Waals surface area contributed by atoms with Gasteiger partial charge >= 0.3 is 0 Å².